The molecule has 1 aliphatic rings. The van der Waals surface area contributed by atoms with E-state index in [0.29, 0.717) is 31.5 Å². The Morgan fingerprint density at radius 3 is 2.28 bits per heavy atom. The first-order chi connectivity index (χ1) is 8.58. The maximum absolute atomic E-state index is 11.4. The summed E-state index contributed by atoms with van der Waals surface area (Å²) in [5.41, 5.74) is 0.650. The van der Waals surface area contributed by atoms with Gasteiger partial charge in [0.1, 0.15) is 11.8 Å². The van der Waals surface area contributed by atoms with E-state index in [1.165, 1.54) is 12.1 Å². The number of aromatic hydroxyl groups is 1. The molecular weight excluding hydrogens is 234 g/mol. The fourth-order valence-corrected chi connectivity index (χ4v) is 2.31. The van der Waals surface area contributed by atoms with E-state index in [0.717, 1.165) is 0 Å². The molecule has 18 heavy (non-hydrogen) atoms. The van der Waals surface area contributed by atoms with Crippen molar-refractivity contribution in [2.45, 2.75) is 25.0 Å². The number of benzene rings is 1. The maximum atomic E-state index is 11.4. The number of nitrogens with zero attached hydrogens (tertiary/aromatic N) is 1. The van der Waals surface area contributed by atoms with Gasteiger partial charge in [0.15, 0.2) is 0 Å². The second-order valence-corrected chi connectivity index (χ2v) is 4.60. The summed E-state index contributed by atoms with van der Waals surface area (Å²) in [7, 11) is 0. The summed E-state index contributed by atoms with van der Waals surface area (Å²) in [6.45, 7) is 1.14. The van der Waals surface area contributed by atoms with Crippen LogP contribution in [0.5, 0.6) is 5.75 Å². The molecule has 0 radical (unpaired) electrons. The lowest BCUT2D eigenvalue weighted by Crippen LogP contribution is -2.41. The molecule has 3 N–H and O–H groups in total. The minimum Gasteiger partial charge on any atom is -0.508 e. The van der Waals surface area contributed by atoms with E-state index in [1.807, 2.05) is 4.90 Å². The summed E-state index contributed by atoms with van der Waals surface area (Å²) in [6.07, 6.45) is 0.875. The van der Waals surface area contributed by atoms with Gasteiger partial charge in [-0.05, 0) is 30.5 Å². The Hall–Kier alpha value is -1.59. The molecule has 1 aliphatic heterocycles. The van der Waals surface area contributed by atoms with Crippen LogP contribution in [-0.2, 0) is 4.79 Å². The molecule has 5 nitrogen and oxygen atoms in total. The number of piperidine rings is 1. The molecule has 1 atom stereocenters. The number of likely N-dealkylation sites (tertiary alicyclic amines) is 1. The summed E-state index contributed by atoms with van der Waals surface area (Å²) in [5, 5.41) is 28.0. The molecule has 98 valence electrons. The molecule has 0 aliphatic carbocycles. The molecule has 1 heterocycles. The number of hydrogen-bond acceptors (Lipinski definition) is 4. The zero-order valence-electron chi connectivity index (χ0n) is 9.99. The van der Waals surface area contributed by atoms with Crippen LogP contribution in [0.3, 0.4) is 0 Å². The minimum atomic E-state index is -0.905. The van der Waals surface area contributed by atoms with Gasteiger partial charge in [-0.1, -0.05) is 12.1 Å². The number of phenolic OH excluding ortho intramolecular Hbond substituents is 1. The molecule has 1 saturated heterocycles. The average molecular weight is 251 g/mol. The summed E-state index contributed by atoms with van der Waals surface area (Å²) >= 11 is 0. The van der Waals surface area contributed by atoms with Crippen molar-refractivity contribution in [1.82, 2.24) is 4.90 Å². The van der Waals surface area contributed by atoms with Gasteiger partial charge in [0.05, 0.1) is 6.10 Å². The van der Waals surface area contributed by atoms with Crippen LogP contribution in [0, 0.1) is 0 Å². The molecule has 0 spiro atoms. The quantitative estimate of drug-likeness (QED) is 0.746. The predicted octanol–water partition coefficient (Wildman–Crippen LogP) is 0.975. The van der Waals surface area contributed by atoms with Gasteiger partial charge in [-0.25, -0.2) is 0 Å². The molecule has 0 amide bonds. The molecule has 1 unspecified atom stereocenters. The second-order valence-electron chi connectivity index (χ2n) is 4.60. The Balaban J connectivity index is 2.18. The standard InChI is InChI=1S/C13H17NO4/c15-10-3-1-9(2-4-10)12(13(17)18)14-7-5-11(16)6-8-14/h1-4,11-12,15-16H,5-8H2,(H,17,18). The highest BCUT2D eigenvalue weighted by molar-refractivity contribution is 5.75. The van der Waals surface area contributed by atoms with Crippen LogP contribution in [0.1, 0.15) is 24.4 Å². The molecule has 0 bridgehead atoms. The molecule has 1 aromatic rings. The Morgan fingerprint density at radius 1 is 1.22 bits per heavy atom. The third kappa shape index (κ3) is 2.80. The van der Waals surface area contributed by atoms with Crippen LogP contribution in [0.2, 0.25) is 0 Å². The zero-order valence-corrected chi connectivity index (χ0v) is 9.99. The van der Waals surface area contributed by atoms with Crippen molar-refractivity contribution in [2.24, 2.45) is 0 Å². The van der Waals surface area contributed by atoms with E-state index in [9.17, 15) is 20.1 Å². The van der Waals surface area contributed by atoms with E-state index in [1.54, 1.807) is 12.1 Å². The van der Waals surface area contributed by atoms with Gasteiger partial charge in [0.25, 0.3) is 0 Å². The molecule has 2 rings (SSSR count). The number of carboxylic acids is 1. The highest BCUT2D eigenvalue weighted by Crippen LogP contribution is 2.26. The zero-order chi connectivity index (χ0) is 13.1. The number of hydrogen-bond donors (Lipinski definition) is 3. The van der Waals surface area contributed by atoms with Crippen molar-refractivity contribution in [3.8, 4) is 5.75 Å². The Morgan fingerprint density at radius 2 is 1.78 bits per heavy atom. The normalized spacial score (nSPS) is 19.6. The predicted molar refractivity (Wildman–Crippen MR) is 65.3 cm³/mol. The van der Waals surface area contributed by atoms with E-state index in [4.69, 9.17) is 0 Å². The highest BCUT2D eigenvalue weighted by Gasteiger charge is 2.30. The van der Waals surface area contributed by atoms with Crippen molar-refractivity contribution < 1.29 is 20.1 Å². The van der Waals surface area contributed by atoms with Gasteiger partial charge in [-0.15, -0.1) is 0 Å². The van der Waals surface area contributed by atoms with Crippen LogP contribution in [0.25, 0.3) is 0 Å². The summed E-state index contributed by atoms with van der Waals surface area (Å²) in [4.78, 5) is 13.2. The fraction of sp³-hybridized carbons (Fsp3) is 0.462. The average Bonchev–Trinajstić information content (AvgIpc) is 2.34. The number of aliphatic carboxylic acids is 1. The van der Waals surface area contributed by atoms with Crippen molar-refractivity contribution in [1.29, 1.82) is 0 Å². The largest absolute Gasteiger partial charge is 0.508 e. The first kappa shape index (κ1) is 12.9. The van der Waals surface area contributed by atoms with E-state index in [-0.39, 0.29) is 11.9 Å². The van der Waals surface area contributed by atoms with Crippen molar-refractivity contribution in [3.63, 3.8) is 0 Å². The monoisotopic (exact) mass is 251 g/mol. The van der Waals surface area contributed by atoms with Crippen molar-refractivity contribution in [2.75, 3.05) is 13.1 Å². The molecule has 0 aromatic heterocycles. The third-order valence-electron chi connectivity index (χ3n) is 3.31. The number of phenols is 1. The second kappa shape index (κ2) is 5.37. The van der Waals surface area contributed by atoms with Crippen molar-refractivity contribution in [3.05, 3.63) is 29.8 Å². The maximum Gasteiger partial charge on any atom is 0.325 e. The minimum absolute atomic E-state index is 0.122. The van der Waals surface area contributed by atoms with E-state index in [2.05, 4.69) is 0 Å². The van der Waals surface area contributed by atoms with Gasteiger partial charge in [-0.2, -0.15) is 0 Å². The Bertz CT molecular complexity index is 410. The van der Waals surface area contributed by atoms with Crippen LogP contribution >= 0.6 is 0 Å². The highest BCUT2D eigenvalue weighted by atomic mass is 16.4. The van der Waals surface area contributed by atoms with Gasteiger partial charge >= 0.3 is 5.97 Å². The number of rotatable bonds is 3. The van der Waals surface area contributed by atoms with Gasteiger partial charge < -0.3 is 15.3 Å². The van der Waals surface area contributed by atoms with Crippen LogP contribution in [-0.4, -0.2) is 45.4 Å². The van der Waals surface area contributed by atoms with E-state index >= 15 is 0 Å². The summed E-state index contributed by atoms with van der Waals surface area (Å²) in [6, 6.07) is 5.52. The van der Waals surface area contributed by atoms with Gasteiger partial charge in [0, 0.05) is 13.1 Å². The SMILES string of the molecule is O=C(O)C(c1ccc(O)cc1)N1CCC(O)CC1. The molecule has 5 heteroatoms. The van der Waals surface area contributed by atoms with E-state index < -0.39 is 12.0 Å². The lowest BCUT2D eigenvalue weighted by atomic mass is 10.0. The fourth-order valence-electron chi connectivity index (χ4n) is 2.31. The smallest absolute Gasteiger partial charge is 0.325 e. The third-order valence-corrected chi connectivity index (χ3v) is 3.31. The van der Waals surface area contributed by atoms with Gasteiger partial charge in [-0.3, -0.25) is 9.69 Å². The Labute approximate surface area is 105 Å². The summed E-state index contributed by atoms with van der Waals surface area (Å²) in [5.74, 6) is -0.783. The molecule has 1 aromatic carbocycles. The lowest BCUT2D eigenvalue weighted by molar-refractivity contribution is -0.144. The number of carboxylic acid groups (broad SMARTS) is 1. The number of aliphatic hydroxyl groups is 1. The topological polar surface area (TPSA) is 81.0 Å². The summed E-state index contributed by atoms with van der Waals surface area (Å²) < 4.78 is 0. The lowest BCUT2D eigenvalue weighted by Gasteiger charge is -2.34. The first-order valence-corrected chi connectivity index (χ1v) is 6.02. The van der Waals surface area contributed by atoms with Crippen molar-refractivity contribution >= 4 is 5.97 Å². The Kier molecular flexibility index (Phi) is 3.84. The number of aliphatic hydroxyl groups excluding tert-OH is 1. The molecule has 0 saturated carbocycles. The van der Waals surface area contributed by atoms with Crippen LogP contribution in [0.15, 0.2) is 24.3 Å². The van der Waals surface area contributed by atoms with Gasteiger partial charge in [0.2, 0.25) is 0 Å². The van der Waals surface area contributed by atoms with Crippen LogP contribution < -0.4 is 0 Å². The van der Waals surface area contributed by atoms with Crippen LogP contribution in [0.4, 0.5) is 0 Å². The molecule has 1 fully saturated rings. The first-order valence-electron chi connectivity index (χ1n) is 6.02. The molecular formula is C13H17NO4. The number of carbonyl (C=O) groups is 1.